The number of methoxy groups -OCH3 is 1. The number of nitrogens with zero attached hydrogens (tertiary/aromatic N) is 1. The molecule has 0 fully saturated rings. The van der Waals surface area contributed by atoms with Gasteiger partial charge in [0.25, 0.3) is 0 Å². The van der Waals surface area contributed by atoms with Crippen molar-refractivity contribution in [2.75, 3.05) is 7.11 Å². The number of hydrogen-bond donors (Lipinski definition) is 0. The van der Waals surface area contributed by atoms with E-state index in [1.54, 1.807) is 37.6 Å². The average molecular weight is 437 g/mol. The molecule has 0 amide bonds. The quantitative estimate of drug-likeness (QED) is 0.312. The van der Waals surface area contributed by atoms with E-state index < -0.39 is 6.61 Å². The van der Waals surface area contributed by atoms with Crippen molar-refractivity contribution in [3.63, 3.8) is 0 Å². The van der Waals surface area contributed by atoms with Crippen molar-refractivity contribution < 1.29 is 22.6 Å². The van der Waals surface area contributed by atoms with E-state index in [0.29, 0.717) is 30.4 Å². The lowest BCUT2D eigenvalue weighted by atomic mass is 9.98. The minimum atomic E-state index is -2.85. The summed E-state index contributed by atoms with van der Waals surface area (Å²) < 4.78 is 49.1. The van der Waals surface area contributed by atoms with Crippen LogP contribution in [0, 0.1) is 5.82 Å². The Morgan fingerprint density at radius 2 is 1.66 bits per heavy atom. The van der Waals surface area contributed by atoms with Gasteiger partial charge in [-0.15, -0.1) is 0 Å². The third kappa shape index (κ3) is 5.08. The van der Waals surface area contributed by atoms with E-state index in [-0.39, 0.29) is 11.6 Å². The molecule has 3 aromatic carbocycles. The Hall–Kier alpha value is -3.38. The van der Waals surface area contributed by atoms with Gasteiger partial charge in [0.1, 0.15) is 11.6 Å². The fraction of sp³-hybridized carbons (Fsp3) is 0.192. The zero-order valence-electron chi connectivity index (χ0n) is 17.5. The largest absolute Gasteiger partial charge is 0.435 e. The molecule has 0 N–H and O–H groups in total. The molecule has 0 aliphatic heterocycles. The van der Waals surface area contributed by atoms with E-state index in [1.807, 2.05) is 30.3 Å². The molecular weight excluding hydrogens is 415 g/mol. The van der Waals surface area contributed by atoms with Gasteiger partial charge in [-0.3, -0.25) is 4.98 Å². The Morgan fingerprint density at radius 3 is 2.34 bits per heavy atom. The smallest absolute Gasteiger partial charge is 0.387 e. The molecule has 164 valence electrons. The second-order valence-electron chi connectivity index (χ2n) is 7.48. The van der Waals surface area contributed by atoms with Gasteiger partial charge in [0, 0.05) is 24.3 Å². The van der Waals surface area contributed by atoms with Crippen molar-refractivity contribution in [3.8, 4) is 17.0 Å². The first-order chi connectivity index (χ1) is 15.5. The van der Waals surface area contributed by atoms with Crippen LogP contribution in [0.25, 0.3) is 22.0 Å². The predicted octanol–water partition coefficient (Wildman–Crippen LogP) is 6.57. The van der Waals surface area contributed by atoms with Crippen LogP contribution in [-0.4, -0.2) is 18.7 Å². The Bertz CT molecular complexity index is 1190. The maximum absolute atomic E-state index is 15.1. The maximum Gasteiger partial charge on any atom is 0.387 e. The lowest BCUT2D eigenvalue weighted by Gasteiger charge is -2.10. The van der Waals surface area contributed by atoms with Crippen LogP contribution in [-0.2, 0) is 24.2 Å². The third-order valence-electron chi connectivity index (χ3n) is 5.30. The van der Waals surface area contributed by atoms with Crippen LogP contribution in [0.15, 0.2) is 72.9 Å². The van der Waals surface area contributed by atoms with Crippen LogP contribution in [0.4, 0.5) is 13.2 Å². The van der Waals surface area contributed by atoms with Crippen LogP contribution in [0.3, 0.4) is 0 Å². The number of fused-ring (bicyclic) bond motifs is 1. The summed E-state index contributed by atoms with van der Waals surface area (Å²) in [5.74, 6) is -0.130. The predicted molar refractivity (Wildman–Crippen MR) is 118 cm³/mol. The fourth-order valence-electron chi connectivity index (χ4n) is 3.65. The molecule has 4 aromatic rings. The maximum atomic E-state index is 15.1. The molecule has 0 radical (unpaired) electrons. The molecule has 1 heterocycles. The van der Waals surface area contributed by atoms with Crippen LogP contribution < -0.4 is 4.74 Å². The van der Waals surface area contributed by atoms with Crippen molar-refractivity contribution in [1.29, 1.82) is 0 Å². The number of rotatable bonds is 8. The Morgan fingerprint density at radius 1 is 0.875 bits per heavy atom. The molecule has 32 heavy (non-hydrogen) atoms. The summed E-state index contributed by atoms with van der Waals surface area (Å²) in [6, 6.07) is 19.6. The number of benzene rings is 3. The van der Waals surface area contributed by atoms with Crippen molar-refractivity contribution in [1.82, 2.24) is 4.98 Å². The first-order valence-corrected chi connectivity index (χ1v) is 10.2. The minimum Gasteiger partial charge on any atom is -0.435 e. The first kappa shape index (κ1) is 21.8. The second kappa shape index (κ2) is 9.83. The van der Waals surface area contributed by atoms with E-state index in [9.17, 15) is 8.78 Å². The first-order valence-electron chi connectivity index (χ1n) is 10.2. The summed E-state index contributed by atoms with van der Waals surface area (Å²) in [6.07, 6.45) is 2.87. The van der Waals surface area contributed by atoms with Gasteiger partial charge in [0.05, 0.1) is 12.3 Å². The van der Waals surface area contributed by atoms with E-state index in [2.05, 4.69) is 9.72 Å². The molecular formula is C26H22F3NO2. The van der Waals surface area contributed by atoms with Gasteiger partial charge < -0.3 is 9.47 Å². The highest BCUT2D eigenvalue weighted by molar-refractivity contribution is 5.88. The van der Waals surface area contributed by atoms with Crippen molar-refractivity contribution in [2.45, 2.75) is 26.1 Å². The van der Waals surface area contributed by atoms with Gasteiger partial charge in [-0.05, 0) is 59.2 Å². The second-order valence-corrected chi connectivity index (χ2v) is 7.48. The SMILES string of the molecule is COCc1ccc(-c2ccc3c(F)c(CCc4ccc(OC(F)F)cc4)ccc3c2)nc1. The summed E-state index contributed by atoms with van der Waals surface area (Å²) in [7, 11) is 1.64. The zero-order chi connectivity index (χ0) is 22.5. The topological polar surface area (TPSA) is 31.4 Å². The molecule has 0 saturated carbocycles. The number of aryl methyl sites for hydroxylation is 2. The zero-order valence-corrected chi connectivity index (χ0v) is 17.5. The minimum absolute atomic E-state index is 0.110. The molecule has 0 unspecified atom stereocenters. The monoisotopic (exact) mass is 437 g/mol. The molecule has 0 aliphatic carbocycles. The van der Waals surface area contributed by atoms with Gasteiger partial charge in [0.15, 0.2) is 0 Å². The number of alkyl halides is 2. The molecule has 0 saturated heterocycles. The molecule has 0 aliphatic rings. The van der Waals surface area contributed by atoms with Gasteiger partial charge >= 0.3 is 6.61 Å². The van der Waals surface area contributed by atoms with E-state index in [0.717, 1.165) is 27.8 Å². The Labute approximate surface area is 184 Å². The Kier molecular flexibility index (Phi) is 6.71. The molecule has 3 nitrogen and oxygen atoms in total. The summed E-state index contributed by atoms with van der Waals surface area (Å²) in [5, 5.41) is 1.36. The summed E-state index contributed by atoms with van der Waals surface area (Å²) in [6.45, 7) is -2.34. The summed E-state index contributed by atoms with van der Waals surface area (Å²) in [4.78, 5) is 4.47. The molecule has 4 rings (SSSR count). The number of aromatic nitrogens is 1. The lowest BCUT2D eigenvalue weighted by molar-refractivity contribution is -0.0498. The Balaban J connectivity index is 1.49. The van der Waals surface area contributed by atoms with Crippen LogP contribution in [0.5, 0.6) is 5.75 Å². The van der Waals surface area contributed by atoms with Crippen molar-refractivity contribution >= 4 is 10.8 Å². The van der Waals surface area contributed by atoms with Gasteiger partial charge in [-0.2, -0.15) is 8.78 Å². The molecule has 0 atom stereocenters. The standard InChI is InChI=1S/C26H22F3NO2/c1-31-16-18-5-13-24(30-15-18)21-9-12-23-20(14-21)8-7-19(25(23)27)6-2-17-3-10-22(11-4-17)32-26(28)29/h3-5,7-15,26H,2,6,16H2,1H3. The summed E-state index contributed by atoms with van der Waals surface area (Å²) in [5.41, 5.74) is 4.25. The average Bonchev–Trinajstić information content (AvgIpc) is 2.80. The molecule has 1 aromatic heterocycles. The molecule has 0 bridgehead atoms. The molecule has 6 heteroatoms. The van der Waals surface area contributed by atoms with E-state index in [4.69, 9.17) is 4.74 Å². The fourth-order valence-corrected chi connectivity index (χ4v) is 3.65. The number of pyridine rings is 1. The number of hydrogen-bond acceptors (Lipinski definition) is 3. The van der Waals surface area contributed by atoms with Crippen LogP contribution >= 0.6 is 0 Å². The van der Waals surface area contributed by atoms with Crippen molar-refractivity contribution in [3.05, 3.63) is 95.4 Å². The van der Waals surface area contributed by atoms with Gasteiger partial charge in [0.2, 0.25) is 0 Å². The highest BCUT2D eigenvalue weighted by atomic mass is 19.3. The number of halogens is 3. The van der Waals surface area contributed by atoms with E-state index >= 15 is 4.39 Å². The van der Waals surface area contributed by atoms with Gasteiger partial charge in [-0.25, -0.2) is 4.39 Å². The van der Waals surface area contributed by atoms with Crippen LogP contribution in [0.2, 0.25) is 0 Å². The highest BCUT2D eigenvalue weighted by Crippen LogP contribution is 2.27. The highest BCUT2D eigenvalue weighted by Gasteiger charge is 2.10. The summed E-state index contributed by atoms with van der Waals surface area (Å²) >= 11 is 0. The lowest BCUT2D eigenvalue weighted by Crippen LogP contribution is -2.02. The molecule has 0 spiro atoms. The number of ether oxygens (including phenoxy) is 2. The third-order valence-corrected chi connectivity index (χ3v) is 5.30. The van der Waals surface area contributed by atoms with Gasteiger partial charge in [-0.1, -0.05) is 42.5 Å². The normalized spacial score (nSPS) is 11.3. The van der Waals surface area contributed by atoms with E-state index in [1.165, 1.54) is 12.1 Å². The van der Waals surface area contributed by atoms with Crippen molar-refractivity contribution in [2.24, 2.45) is 0 Å². The van der Waals surface area contributed by atoms with Crippen LogP contribution in [0.1, 0.15) is 16.7 Å².